The van der Waals surface area contributed by atoms with Crippen molar-refractivity contribution in [2.24, 2.45) is 0 Å². The normalized spacial score (nSPS) is 11.4. The van der Waals surface area contributed by atoms with Gasteiger partial charge in [0, 0.05) is 20.9 Å². The quantitative estimate of drug-likeness (QED) is 0.400. The van der Waals surface area contributed by atoms with E-state index in [-0.39, 0.29) is 0 Å². The SMILES string of the molecule is COc1cccc(NC(=O)C(OC(=O)c2ccccc2I)c2ccccc2)c1. The van der Waals surface area contributed by atoms with Crippen LogP contribution in [-0.4, -0.2) is 19.0 Å². The van der Waals surface area contributed by atoms with Gasteiger partial charge in [0.1, 0.15) is 5.75 Å². The third kappa shape index (κ3) is 4.89. The summed E-state index contributed by atoms with van der Waals surface area (Å²) in [7, 11) is 1.55. The van der Waals surface area contributed by atoms with E-state index in [0.29, 0.717) is 22.6 Å². The minimum Gasteiger partial charge on any atom is -0.497 e. The molecule has 0 aliphatic carbocycles. The first-order chi connectivity index (χ1) is 13.6. The monoisotopic (exact) mass is 487 g/mol. The number of carbonyl (C=O) groups excluding carboxylic acids is 2. The molecule has 6 heteroatoms. The lowest BCUT2D eigenvalue weighted by Crippen LogP contribution is -2.26. The maximum Gasteiger partial charge on any atom is 0.340 e. The number of amides is 1. The van der Waals surface area contributed by atoms with Gasteiger partial charge in [-0.3, -0.25) is 4.79 Å². The van der Waals surface area contributed by atoms with Crippen LogP contribution in [0.3, 0.4) is 0 Å². The second-order valence-corrected chi connectivity index (χ2v) is 7.06. The van der Waals surface area contributed by atoms with Gasteiger partial charge in [0.15, 0.2) is 0 Å². The molecular formula is C22H18INO4. The lowest BCUT2D eigenvalue weighted by Gasteiger charge is -2.18. The summed E-state index contributed by atoms with van der Waals surface area (Å²) in [5.41, 5.74) is 1.55. The van der Waals surface area contributed by atoms with Gasteiger partial charge < -0.3 is 14.8 Å². The number of anilines is 1. The fourth-order valence-corrected chi connectivity index (χ4v) is 3.21. The van der Waals surface area contributed by atoms with Crippen molar-refractivity contribution >= 4 is 40.2 Å². The lowest BCUT2D eigenvalue weighted by atomic mass is 10.1. The van der Waals surface area contributed by atoms with Crippen LogP contribution >= 0.6 is 22.6 Å². The molecule has 1 amide bonds. The summed E-state index contributed by atoms with van der Waals surface area (Å²) in [6, 6.07) is 23.0. The Morgan fingerprint density at radius 2 is 1.64 bits per heavy atom. The van der Waals surface area contributed by atoms with Crippen LogP contribution in [0.1, 0.15) is 22.0 Å². The largest absolute Gasteiger partial charge is 0.497 e. The van der Waals surface area contributed by atoms with Crippen LogP contribution in [0.5, 0.6) is 5.75 Å². The average Bonchev–Trinajstić information content (AvgIpc) is 2.73. The van der Waals surface area contributed by atoms with E-state index >= 15 is 0 Å². The van der Waals surface area contributed by atoms with E-state index in [1.807, 2.05) is 18.2 Å². The van der Waals surface area contributed by atoms with Crippen molar-refractivity contribution in [3.05, 3.63) is 93.6 Å². The molecule has 5 nitrogen and oxygen atoms in total. The molecule has 1 N–H and O–H groups in total. The molecule has 3 rings (SSSR count). The van der Waals surface area contributed by atoms with Crippen molar-refractivity contribution in [1.29, 1.82) is 0 Å². The molecule has 28 heavy (non-hydrogen) atoms. The fraction of sp³-hybridized carbons (Fsp3) is 0.0909. The van der Waals surface area contributed by atoms with Gasteiger partial charge in [-0.2, -0.15) is 0 Å². The molecule has 1 unspecified atom stereocenters. The highest BCUT2D eigenvalue weighted by atomic mass is 127. The number of methoxy groups -OCH3 is 1. The third-order valence-corrected chi connectivity index (χ3v) is 4.94. The molecule has 0 spiro atoms. The van der Waals surface area contributed by atoms with Crippen LogP contribution in [0.2, 0.25) is 0 Å². The van der Waals surface area contributed by atoms with Crippen LogP contribution in [0.4, 0.5) is 5.69 Å². The first-order valence-corrected chi connectivity index (χ1v) is 9.61. The van der Waals surface area contributed by atoms with Gasteiger partial charge in [-0.05, 0) is 46.9 Å². The van der Waals surface area contributed by atoms with Gasteiger partial charge >= 0.3 is 5.97 Å². The summed E-state index contributed by atoms with van der Waals surface area (Å²) < 4.78 is 11.5. The van der Waals surface area contributed by atoms with Crippen molar-refractivity contribution in [2.45, 2.75) is 6.10 Å². The molecule has 0 aliphatic heterocycles. The number of hydrogen-bond donors (Lipinski definition) is 1. The van der Waals surface area contributed by atoms with E-state index in [1.54, 1.807) is 67.8 Å². The zero-order chi connectivity index (χ0) is 19.9. The van der Waals surface area contributed by atoms with Crippen molar-refractivity contribution < 1.29 is 19.1 Å². The molecule has 142 valence electrons. The molecular weight excluding hydrogens is 469 g/mol. The number of halogens is 1. The van der Waals surface area contributed by atoms with Gasteiger partial charge in [0.25, 0.3) is 5.91 Å². The Morgan fingerprint density at radius 3 is 2.36 bits per heavy atom. The topological polar surface area (TPSA) is 64.6 Å². The number of hydrogen-bond acceptors (Lipinski definition) is 4. The second-order valence-electron chi connectivity index (χ2n) is 5.90. The molecule has 3 aromatic carbocycles. The number of rotatable bonds is 6. The van der Waals surface area contributed by atoms with Crippen LogP contribution < -0.4 is 10.1 Å². The minimum absolute atomic E-state index is 0.415. The highest BCUT2D eigenvalue weighted by Gasteiger charge is 2.26. The van der Waals surface area contributed by atoms with Crippen molar-refractivity contribution in [3.63, 3.8) is 0 Å². The lowest BCUT2D eigenvalue weighted by molar-refractivity contribution is -0.125. The summed E-state index contributed by atoms with van der Waals surface area (Å²) in [4.78, 5) is 25.6. The molecule has 0 saturated heterocycles. The van der Waals surface area contributed by atoms with Crippen LogP contribution in [0, 0.1) is 3.57 Å². The average molecular weight is 487 g/mol. The third-order valence-electron chi connectivity index (χ3n) is 4.00. The van der Waals surface area contributed by atoms with E-state index < -0.39 is 18.0 Å². The zero-order valence-corrected chi connectivity index (χ0v) is 17.3. The predicted molar refractivity (Wildman–Crippen MR) is 115 cm³/mol. The van der Waals surface area contributed by atoms with Gasteiger partial charge in [0.2, 0.25) is 6.10 Å². The molecule has 0 radical (unpaired) electrons. The molecule has 1 atom stereocenters. The number of ether oxygens (including phenoxy) is 2. The minimum atomic E-state index is -1.09. The van der Waals surface area contributed by atoms with Crippen LogP contribution in [-0.2, 0) is 9.53 Å². The maximum atomic E-state index is 12.9. The number of esters is 1. The van der Waals surface area contributed by atoms with Crippen molar-refractivity contribution in [1.82, 2.24) is 0 Å². The Hall–Kier alpha value is -2.87. The summed E-state index contributed by atoms with van der Waals surface area (Å²) in [6.07, 6.45) is -1.09. The van der Waals surface area contributed by atoms with Crippen molar-refractivity contribution in [2.75, 3.05) is 12.4 Å². The van der Waals surface area contributed by atoms with E-state index in [4.69, 9.17) is 9.47 Å². The summed E-state index contributed by atoms with van der Waals surface area (Å²) in [6.45, 7) is 0. The van der Waals surface area contributed by atoms with Crippen molar-refractivity contribution in [3.8, 4) is 5.75 Å². The standard InChI is InChI=1S/C22H18INO4/c1-27-17-11-7-10-16(14-17)24-21(25)20(15-8-3-2-4-9-15)28-22(26)18-12-5-6-13-19(18)23/h2-14,20H,1H3,(H,24,25). The highest BCUT2D eigenvalue weighted by molar-refractivity contribution is 14.1. The zero-order valence-electron chi connectivity index (χ0n) is 15.1. The van der Waals surface area contributed by atoms with Crippen LogP contribution in [0.15, 0.2) is 78.9 Å². The van der Waals surface area contributed by atoms with Gasteiger partial charge in [-0.15, -0.1) is 0 Å². The fourth-order valence-electron chi connectivity index (χ4n) is 2.61. The maximum absolute atomic E-state index is 12.9. The number of benzene rings is 3. The molecule has 3 aromatic rings. The molecule has 0 bridgehead atoms. The smallest absolute Gasteiger partial charge is 0.340 e. The van der Waals surface area contributed by atoms with E-state index in [2.05, 4.69) is 27.9 Å². The Balaban J connectivity index is 1.86. The summed E-state index contributed by atoms with van der Waals surface area (Å²) >= 11 is 2.07. The number of carbonyl (C=O) groups is 2. The van der Waals surface area contributed by atoms with E-state index in [0.717, 1.165) is 3.57 Å². The molecule has 0 heterocycles. The first-order valence-electron chi connectivity index (χ1n) is 8.54. The first kappa shape index (κ1) is 19.9. The number of nitrogens with one attached hydrogen (secondary N) is 1. The van der Waals surface area contributed by atoms with E-state index in [9.17, 15) is 9.59 Å². The summed E-state index contributed by atoms with van der Waals surface area (Å²) in [5.74, 6) is -0.386. The highest BCUT2D eigenvalue weighted by Crippen LogP contribution is 2.24. The summed E-state index contributed by atoms with van der Waals surface area (Å²) in [5, 5.41) is 2.79. The van der Waals surface area contributed by atoms with Crippen LogP contribution in [0.25, 0.3) is 0 Å². The second kappa shape index (κ2) is 9.36. The van der Waals surface area contributed by atoms with E-state index in [1.165, 1.54) is 0 Å². The molecule has 0 aromatic heterocycles. The Bertz CT molecular complexity index is 975. The Labute approximate surface area is 176 Å². The van der Waals surface area contributed by atoms with Gasteiger partial charge in [-0.1, -0.05) is 48.5 Å². The molecule has 0 aliphatic rings. The molecule has 0 fully saturated rings. The Morgan fingerprint density at radius 1 is 0.929 bits per heavy atom. The predicted octanol–water partition coefficient (Wildman–Crippen LogP) is 4.84. The molecule has 0 saturated carbocycles. The van der Waals surface area contributed by atoms with Gasteiger partial charge in [0.05, 0.1) is 12.7 Å². The van der Waals surface area contributed by atoms with Gasteiger partial charge in [-0.25, -0.2) is 4.79 Å². The Kier molecular flexibility index (Phi) is 6.65.